The minimum atomic E-state index is -0.202. The zero-order chi connectivity index (χ0) is 14.5. The molecule has 0 saturated carbocycles. The fourth-order valence-electron chi connectivity index (χ4n) is 1.72. The molecule has 1 aromatic carbocycles. The highest BCUT2D eigenvalue weighted by molar-refractivity contribution is 7.14. The van der Waals surface area contributed by atoms with Crippen molar-refractivity contribution in [3.05, 3.63) is 35.7 Å². The molecule has 0 unspecified atom stereocenters. The van der Waals surface area contributed by atoms with Crippen molar-refractivity contribution in [3.63, 3.8) is 0 Å². The molecule has 0 aliphatic carbocycles. The van der Waals surface area contributed by atoms with Gasteiger partial charge in [0.05, 0.1) is 12.8 Å². The van der Waals surface area contributed by atoms with Crippen LogP contribution in [0.4, 0.5) is 5.69 Å². The van der Waals surface area contributed by atoms with Crippen LogP contribution in [0.1, 0.15) is 6.92 Å². The maximum absolute atomic E-state index is 11.7. The Morgan fingerprint density at radius 2 is 2.00 bits per heavy atom. The number of hydrogen-bond donors (Lipinski definition) is 0. The quantitative estimate of drug-likeness (QED) is 0.809. The van der Waals surface area contributed by atoms with Crippen LogP contribution < -0.4 is 9.64 Å². The van der Waals surface area contributed by atoms with Crippen LogP contribution in [-0.4, -0.2) is 20.1 Å². The molecule has 0 radical (unpaired) electrons. The number of carbonyl (C=O) groups excluding carboxylic acids is 1. The second-order valence-corrected chi connectivity index (χ2v) is 5.05. The monoisotopic (exact) mass is 285 g/mol. The van der Waals surface area contributed by atoms with Crippen LogP contribution >= 0.6 is 11.3 Å². The number of nitrogens with zero attached hydrogens (tertiary/aromatic N) is 1. The Bertz CT molecular complexity index is 662. The molecule has 0 aliphatic heterocycles. The molecule has 1 heterocycles. The third-order valence-corrected chi connectivity index (χ3v) is 3.85. The molecule has 2 aromatic rings. The molecule has 1 amide bonds. The first-order chi connectivity index (χ1) is 9.65. The van der Waals surface area contributed by atoms with Crippen LogP contribution in [-0.2, 0) is 4.79 Å². The fourth-order valence-corrected chi connectivity index (χ4v) is 2.65. The third-order valence-electron chi connectivity index (χ3n) is 2.88. The third kappa shape index (κ3) is 3.01. The van der Waals surface area contributed by atoms with E-state index in [-0.39, 0.29) is 5.91 Å². The van der Waals surface area contributed by atoms with Gasteiger partial charge >= 0.3 is 5.91 Å². The number of thiophene rings is 1. The van der Waals surface area contributed by atoms with Gasteiger partial charge in [-0.3, -0.25) is 4.79 Å². The number of rotatable bonds is 3. The molecule has 0 aliphatic rings. The summed E-state index contributed by atoms with van der Waals surface area (Å²) in [6.45, 7) is 1.65. The van der Waals surface area contributed by atoms with E-state index in [1.807, 2.05) is 35.7 Å². The summed E-state index contributed by atoms with van der Waals surface area (Å²) in [7, 11) is 3.38. The van der Waals surface area contributed by atoms with Gasteiger partial charge in [0.15, 0.2) is 0 Å². The van der Waals surface area contributed by atoms with Gasteiger partial charge < -0.3 is 9.64 Å². The zero-order valence-electron chi connectivity index (χ0n) is 11.6. The number of amides is 1. The molecule has 1 aromatic heterocycles. The highest BCUT2D eigenvalue weighted by atomic mass is 32.1. The average molecular weight is 285 g/mol. The maximum Gasteiger partial charge on any atom is 0.302 e. The molecule has 0 spiro atoms. The van der Waals surface area contributed by atoms with Crippen molar-refractivity contribution in [1.29, 1.82) is 0 Å². The van der Waals surface area contributed by atoms with Crippen molar-refractivity contribution >= 4 is 22.9 Å². The van der Waals surface area contributed by atoms with Crippen molar-refractivity contribution in [2.45, 2.75) is 6.92 Å². The summed E-state index contributed by atoms with van der Waals surface area (Å²) >= 11 is 1.60. The number of hydrogen-bond acceptors (Lipinski definition) is 3. The van der Waals surface area contributed by atoms with Crippen LogP contribution in [0.25, 0.3) is 10.4 Å². The normalized spacial score (nSPS) is 9.55. The Hall–Kier alpha value is -2.25. The predicted octanol–water partition coefficient (Wildman–Crippen LogP) is 3.41. The Kier molecular flexibility index (Phi) is 4.44. The molecule has 0 saturated heterocycles. The molecular weight excluding hydrogens is 270 g/mol. The van der Waals surface area contributed by atoms with Crippen LogP contribution in [0.5, 0.6) is 5.75 Å². The van der Waals surface area contributed by atoms with Crippen LogP contribution in [0.2, 0.25) is 0 Å². The molecule has 2 rings (SSSR count). The average Bonchev–Trinajstić information content (AvgIpc) is 2.96. The van der Waals surface area contributed by atoms with Crippen molar-refractivity contribution in [2.75, 3.05) is 19.1 Å². The zero-order valence-corrected chi connectivity index (χ0v) is 12.5. The highest BCUT2D eigenvalue weighted by Crippen LogP contribution is 2.32. The van der Waals surface area contributed by atoms with Gasteiger partial charge in [-0.1, -0.05) is 5.92 Å². The van der Waals surface area contributed by atoms with Crippen molar-refractivity contribution in [1.82, 2.24) is 0 Å². The first-order valence-corrected chi connectivity index (χ1v) is 6.97. The van der Waals surface area contributed by atoms with E-state index in [1.54, 1.807) is 37.3 Å². The molecule has 3 nitrogen and oxygen atoms in total. The number of carbonyl (C=O) groups is 1. The van der Waals surface area contributed by atoms with Crippen LogP contribution in [0, 0.1) is 11.8 Å². The first-order valence-electron chi connectivity index (χ1n) is 6.09. The van der Waals surface area contributed by atoms with E-state index in [0.29, 0.717) is 0 Å². The Balaban J connectivity index is 2.23. The lowest BCUT2D eigenvalue weighted by molar-refractivity contribution is -0.113. The highest BCUT2D eigenvalue weighted by Gasteiger charge is 2.11. The van der Waals surface area contributed by atoms with Gasteiger partial charge in [0.2, 0.25) is 0 Å². The largest absolute Gasteiger partial charge is 0.497 e. The van der Waals surface area contributed by atoms with E-state index in [1.165, 1.54) is 0 Å². The summed E-state index contributed by atoms with van der Waals surface area (Å²) in [5, 5.41) is 1.95. The van der Waals surface area contributed by atoms with E-state index >= 15 is 0 Å². The molecule has 0 fully saturated rings. The topological polar surface area (TPSA) is 29.5 Å². The van der Waals surface area contributed by atoms with Crippen molar-refractivity contribution < 1.29 is 9.53 Å². The smallest absolute Gasteiger partial charge is 0.302 e. The van der Waals surface area contributed by atoms with Crippen LogP contribution in [0.15, 0.2) is 35.7 Å². The summed E-state index contributed by atoms with van der Waals surface area (Å²) < 4.78 is 5.14. The lowest BCUT2D eigenvalue weighted by atomic mass is 10.2. The Labute approximate surface area is 122 Å². The molecule has 0 N–H and O–H groups in total. The van der Waals surface area contributed by atoms with Gasteiger partial charge in [-0.15, -0.1) is 11.3 Å². The Morgan fingerprint density at radius 1 is 1.30 bits per heavy atom. The number of methoxy groups -OCH3 is 1. The summed E-state index contributed by atoms with van der Waals surface area (Å²) in [4.78, 5) is 14.4. The number of anilines is 1. The molecule has 0 bridgehead atoms. The van der Waals surface area contributed by atoms with E-state index < -0.39 is 0 Å². The molecule has 4 heteroatoms. The summed E-state index contributed by atoms with van der Waals surface area (Å²) in [5.41, 5.74) is 1.96. The minimum absolute atomic E-state index is 0.202. The molecule has 20 heavy (non-hydrogen) atoms. The lowest BCUT2D eigenvalue weighted by Crippen LogP contribution is -2.23. The minimum Gasteiger partial charge on any atom is -0.497 e. The maximum atomic E-state index is 11.7. The number of ether oxygens (including phenoxy) is 1. The van der Waals surface area contributed by atoms with E-state index in [4.69, 9.17) is 4.74 Å². The van der Waals surface area contributed by atoms with E-state index in [2.05, 4.69) is 11.8 Å². The predicted molar refractivity (Wildman–Crippen MR) is 83.2 cm³/mol. The van der Waals surface area contributed by atoms with E-state index in [9.17, 15) is 4.79 Å². The number of benzene rings is 1. The molecule has 0 atom stereocenters. The summed E-state index contributed by atoms with van der Waals surface area (Å²) in [5.74, 6) is 5.78. The van der Waals surface area contributed by atoms with Crippen LogP contribution in [0.3, 0.4) is 0 Å². The van der Waals surface area contributed by atoms with Gasteiger partial charge in [0.25, 0.3) is 0 Å². The summed E-state index contributed by atoms with van der Waals surface area (Å²) in [6, 6.07) is 9.84. The van der Waals surface area contributed by atoms with Gasteiger partial charge in [-0.25, -0.2) is 0 Å². The molecule has 102 valence electrons. The molecular formula is C16H15NO2S. The van der Waals surface area contributed by atoms with Crippen molar-refractivity contribution in [3.8, 4) is 28.0 Å². The SMILES string of the molecule is CC#CC(=O)N(C)c1csc(-c2ccc(OC)cc2)c1. The first kappa shape index (κ1) is 14.2. The van der Waals surface area contributed by atoms with Crippen molar-refractivity contribution in [2.24, 2.45) is 0 Å². The standard InChI is InChI=1S/C16H15NO2S/c1-4-5-16(18)17(2)13-10-15(20-11-13)12-6-8-14(19-3)9-7-12/h6-11H,1-3H3. The summed E-state index contributed by atoms with van der Waals surface area (Å²) in [6.07, 6.45) is 0. The van der Waals surface area contributed by atoms with Gasteiger partial charge in [-0.2, -0.15) is 0 Å². The fraction of sp³-hybridized carbons (Fsp3) is 0.188. The van der Waals surface area contributed by atoms with E-state index in [0.717, 1.165) is 21.9 Å². The Morgan fingerprint density at radius 3 is 2.60 bits per heavy atom. The van der Waals surface area contributed by atoms with Gasteiger partial charge in [0.1, 0.15) is 5.75 Å². The van der Waals surface area contributed by atoms with Gasteiger partial charge in [0, 0.05) is 17.3 Å². The lowest BCUT2D eigenvalue weighted by Gasteiger charge is -2.10. The second kappa shape index (κ2) is 6.27. The second-order valence-electron chi connectivity index (χ2n) is 4.14. The van der Waals surface area contributed by atoms with Gasteiger partial charge in [-0.05, 0) is 48.7 Å².